The molecule has 0 saturated carbocycles. The Balaban J connectivity index is 1.93. The third-order valence-corrected chi connectivity index (χ3v) is 4.33. The van der Waals surface area contributed by atoms with Gasteiger partial charge in [-0.15, -0.1) is 0 Å². The SMILES string of the molecule is CCNC(=NCc1ccc(OC(C)C)nc1)NCc1cc(C(CC)CC)no1. The topological polar surface area (TPSA) is 84.6 Å². The summed E-state index contributed by atoms with van der Waals surface area (Å²) in [6, 6.07) is 5.89. The summed E-state index contributed by atoms with van der Waals surface area (Å²) in [5.74, 6) is 2.62. The first-order valence-corrected chi connectivity index (χ1v) is 10.1. The molecular formula is C21H33N5O2. The highest BCUT2D eigenvalue weighted by molar-refractivity contribution is 5.79. The lowest BCUT2D eigenvalue weighted by atomic mass is 9.99. The Hall–Kier alpha value is -2.57. The van der Waals surface area contributed by atoms with Crippen molar-refractivity contribution in [1.82, 2.24) is 20.8 Å². The van der Waals surface area contributed by atoms with Gasteiger partial charge in [0, 0.05) is 30.8 Å². The fourth-order valence-electron chi connectivity index (χ4n) is 2.81. The molecule has 2 N–H and O–H groups in total. The molecule has 0 radical (unpaired) electrons. The van der Waals surface area contributed by atoms with E-state index in [1.165, 1.54) is 0 Å². The zero-order chi connectivity index (χ0) is 20.4. The van der Waals surface area contributed by atoms with Gasteiger partial charge in [0.1, 0.15) is 0 Å². The Morgan fingerprint density at radius 2 is 1.96 bits per heavy atom. The minimum absolute atomic E-state index is 0.113. The average Bonchev–Trinajstić information content (AvgIpc) is 3.14. The maximum absolute atomic E-state index is 5.57. The number of pyridine rings is 1. The molecule has 7 heteroatoms. The maximum atomic E-state index is 5.57. The van der Waals surface area contributed by atoms with Gasteiger partial charge in [-0.25, -0.2) is 9.98 Å². The summed E-state index contributed by atoms with van der Waals surface area (Å²) in [5, 5.41) is 10.7. The van der Waals surface area contributed by atoms with Gasteiger partial charge >= 0.3 is 0 Å². The van der Waals surface area contributed by atoms with E-state index >= 15 is 0 Å². The molecule has 0 unspecified atom stereocenters. The Morgan fingerprint density at radius 1 is 1.18 bits per heavy atom. The van der Waals surface area contributed by atoms with Gasteiger partial charge in [-0.1, -0.05) is 25.1 Å². The van der Waals surface area contributed by atoms with Crippen molar-refractivity contribution in [2.75, 3.05) is 6.54 Å². The van der Waals surface area contributed by atoms with Crippen molar-refractivity contribution in [1.29, 1.82) is 0 Å². The Labute approximate surface area is 168 Å². The van der Waals surface area contributed by atoms with Crippen molar-refractivity contribution in [3.63, 3.8) is 0 Å². The van der Waals surface area contributed by atoms with Gasteiger partial charge in [0.05, 0.1) is 24.9 Å². The molecule has 0 aliphatic heterocycles. The second-order valence-corrected chi connectivity index (χ2v) is 6.95. The molecule has 0 aliphatic carbocycles. The summed E-state index contributed by atoms with van der Waals surface area (Å²) in [5.41, 5.74) is 2.04. The van der Waals surface area contributed by atoms with E-state index in [1.807, 2.05) is 39.0 Å². The van der Waals surface area contributed by atoms with Crippen LogP contribution in [0.4, 0.5) is 0 Å². The lowest BCUT2D eigenvalue weighted by Crippen LogP contribution is -2.36. The highest BCUT2D eigenvalue weighted by Gasteiger charge is 2.13. The summed E-state index contributed by atoms with van der Waals surface area (Å²) in [4.78, 5) is 8.93. The van der Waals surface area contributed by atoms with Crippen LogP contribution in [-0.2, 0) is 13.1 Å². The molecule has 2 aromatic heterocycles. The maximum Gasteiger partial charge on any atom is 0.213 e. The summed E-state index contributed by atoms with van der Waals surface area (Å²) in [6.07, 6.45) is 4.04. The molecule has 0 aliphatic rings. The quantitative estimate of drug-likeness (QED) is 0.473. The van der Waals surface area contributed by atoms with E-state index in [-0.39, 0.29) is 6.10 Å². The largest absolute Gasteiger partial charge is 0.475 e. The summed E-state index contributed by atoms with van der Waals surface area (Å²) >= 11 is 0. The second-order valence-electron chi connectivity index (χ2n) is 6.95. The minimum Gasteiger partial charge on any atom is -0.475 e. The molecule has 0 spiro atoms. The van der Waals surface area contributed by atoms with Crippen LogP contribution in [0.5, 0.6) is 5.88 Å². The number of nitrogens with zero attached hydrogens (tertiary/aromatic N) is 3. The van der Waals surface area contributed by atoms with Gasteiger partial charge < -0.3 is 19.9 Å². The van der Waals surface area contributed by atoms with Gasteiger partial charge in [-0.2, -0.15) is 0 Å². The van der Waals surface area contributed by atoms with E-state index in [0.29, 0.717) is 24.9 Å². The lowest BCUT2D eigenvalue weighted by Gasteiger charge is -2.10. The zero-order valence-corrected chi connectivity index (χ0v) is 17.7. The Bertz CT molecular complexity index is 721. The molecule has 0 saturated heterocycles. The van der Waals surface area contributed by atoms with E-state index < -0.39 is 0 Å². The molecule has 0 bridgehead atoms. The number of rotatable bonds is 10. The first-order valence-electron chi connectivity index (χ1n) is 10.1. The predicted molar refractivity (Wildman–Crippen MR) is 111 cm³/mol. The minimum atomic E-state index is 0.113. The molecule has 28 heavy (non-hydrogen) atoms. The van der Waals surface area contributed by atoms with Crippen molar-refractivity contribution in [2.24, 2.45) is 4.99 Å². The smallest absolute Gasteiger partial charge is 0.213 e. The van der Waals surface area contributed by atoms with Gasteiger partial charge in [0.2, 0.25) is 5.88 Å². The Kier molecular flexibility index (Phi) is 8.78. The molecule has 2 rings (SSSR count). The van der Waals surface area contributed by atoms with Crippen LogP contribution < -0.4 is 15.4 Å². The normalized spacial score (nSPS) is 11.9. The molecule has 0 amide bonds. The lowest BCUT2D eigenvalue weighted by molar-refractivity contribution is 0.232. The molecular weight excluding hydrogens is 354 g/mol. The van der Waals surface area contributed by atoms with Crippen molar-refractivity contribution < 1.29 is 9.26 Å². The number of aromatic nitrogens is 2. The first-order chi connectivity index (χ1) is 13.5. The van der Waals surface area contributed by atoms with Gasteiger partial charge in [-0.05, 0) is 39.2 Å². The third kappa shape index (κ3) is 6.87. The number of guanidine groups is 1. The highest BCUT2D eigenvalue weighted by atomic mass is 16.5. The summed E-state index contributed by atoms with van der Waals surface area (Å²) in [6.45, 7) is 12.2. The standard InChI is InChI=1S/C21H33N5O2/c1-6-17(7-2)19-11-18(28-26-19)14-25-21(22-8-3)24-13-16-9-10-20(23-12-16)27-15(4)5/h9-12,15,17H,6-8,13-14H2,1-5H3,(H2,22,24,25). The van der Waals surface area contributed by atoms with E-state index in [1.54, 1.807) is 6.20 Å². The third-order valence-electron chi connectivity index (χ3n) is 4.33. The fraction of sp³-hybridized carbons (Fsp3) is 0.571. The molecule has 0 aromatic carbocycles. The van der Waals surface area contributed by atoms with Gasteiger partial charge in [-0.3, -0.25) is 0 Å². The van der Waals surface area contributed by atoms with Crippen LogP contribution in [0, 0.1) is 0 Å². The number of nitrogens with one attached hydrogen (secondary N) is 2. The second kappa shape index (κ2) is 11.3. The monoisotopic (exact) mass is 387 g/mol. The number of hydrogen-bond donors (Lipinski definition) is 2. The predicted octanol–water partition coefficient (Wildman–Crippen LogP) is 4.02. The van der Waals surface area contributed by atoms with Crippen LogP contribution in [0.2, 0.25) is 0 Å². The van der Waals surface area contributed by atoms with Gasteiger partial charge in [0.15, 0.2) is 11.7 Å². The van der Waals surface area contributed by atoms with Crippen LogP contribution in [0.25, 0.3) is 0 Å². The van der Waals surface area contributed by atoms with Crippen LogP contribution in [0.15, 0.2) is 33.9 Å². The highest BCUT2D eigenvalue weighted by Crippen LogP contribution is 2.22. The van der Waals surface area contributed by atoms with Crippen LogP contribution in [0.1, 0.15) is 70.4 Å². The molecule has 154 valence electrons. The van der Waals surface area contributed by atoms with E-state index in [2.05, 4.69) is 39.6 Å². The number of aliphatic imine (C=N–C) groups is 1. The van der Waals surface area contributed by atoms with Crippen LogP contribution in [0.3, 0.4) is 0 Å². The first kappa shape index (κ1) is 21.7. The number of ether oxygens (including phenoxy) is 1. The molecule has 0 fully saturated rings. The van der Waals surface area contributed by atoms with Crippen molar-refractivity contribution in [3.05, 3.63) is 41.4 Å². The van der Waals surface area contributed by atoms with Crippen molar-refractivity contribution in [3.8, 4) is 5.88 Å². The Morgan fingerprint density at radius 3 is 2.57 bits per heavy atom. The van der Waals surface area contributed by atoms with Crippen molar-refractivity contribution >= 4 is 5.96 Å². The fourth-order valence-corrected chi connectivity index (χ4v) is 2.81. The van der Waals surface area contributed by atoms with E-state index in [4.69, 9.17) is 9.26 Å². The van der Waals surface area contributed by atoms with E-state index in [9.17, 15) is 0 Å². The van der Waals surface area contributed by atoms with Gasteiger partial charge in [0.25, 0.3) is 0 Å². The summed E-state index contributed by atoms with van der Waals surface area (Å²) < 4.78 is 11.0. The molecule has 0 atom stereocenters. The van der Waals surface area contributed by atoms with E-state index in [0.717, 1.165) is 42.4 Å². The van der Waals surface area contributed by atoms with Crippen LogP contribution in [-0.4, -0.2) is 28.7 Å². The molecule has 2 aromatic rings. The van der Waals surface area contributed by atoms with Crippen LogP contribution >= 0.6 is 0 Å². The summed E-state index contributed by atoms with van der Waals surface area (Å²) in [7, 11) is 0. The average molecular weight is 388 g/mol. The molecule has 7 nitrogen and oxygen atoms in total. The van der Waals surface area contributed by atoms with Crippen molar-refractivity contribution in [2.45, 2.75) is 72.6 Å². The number of hydrogen-bond acceptors (Lipinski definition) is 5. The molecule has 2 heterocycles. The zero-order valence-electron chi connectivity index (χ0n) is 17.7.